The molecule has 162 valence electrons. The summed E-state index contributed by atoms with van der Waals surface area (Å²) in [6.45, 7) is 0.924. The van der Waals surface area contributed by atoms with Crippen LogP contribution in [0.4, 0.5) is 10.5 Å². The summed E-state index contributed by atoms with van der Waals surface area (Å²) in [5.41, 5.74) is 2.76. The van der Waals surface area contributed by atoms with E-state index < -0.39 is 30.0 Å². The number of urea groups is 1. The second kappa shape index (κ2) is 10.0. The van der Waals surface area contributed by atoms with Gasteiger partial charge in [0.25, 0.3) is 5.69 Å². The number of nitro benzene ring substituents is 1. The molecular formula is C20H23BN4O6. The number of rotatable bonds is 7. The fraction of sp³-hybridized carbons (Fsp3) is 0.300. The molecule has 31 heavy (non-hydrogen) atoms. The molecule has 0 spiro atoms. The number of fused-ring (bicyclic) bond motifs is 1. The molecule has 1 atom stereocenters. The first-order valence-electron chi connectivity index (χ1n) is 9.83. The van der Waals surface area contributed by atoms with Crippen LogP contribution in [-0.4, -0.2) is 58.0 Å². The van der Waals surface area contributed by atoms with Crippen molar-refractivity contribution in [2.75, 3.05) is 13.0 Å². The largest absolute Gasteiger partial charge is 0.472 e. The minimum absolute atomic E-state index is 0.0795. The van der Waals surface area contributed by atoms with Gasteiger partial charge in [0.1, 0.15) is 6.04 Å². The normalized spacial score (nSPS) is 13.7. The van der Waals surface area contributed by atoms with Gasteiger partial charge in [-0.1, -0.05) is 36.4 Å². The van der Waals surface area contributed by atoms with E-state index >= 15 is 0 Å². The zero-order valence-corrected chi connectivity index (χ0v) is 16.7. The Morgan fingerprint density at radius 3 is 2.45 bits per heavy atom. The highest BCUT2D eigenvalue weighted by Gasteiger charge is 2.27. The van der Waals surface area contributed by atoms with Crippen LogP contribution in [0.1, 0.15) is 16.7 Å². The molecule has 10 nitrogen and oxygen atoms in total. The molecule has 2 aromatic rings. The van der Waals surface area contributed by atoms with E-state index in [1.807, 2.05) is 24.3 Å². The summed E-state index contributed by atoms with van der Waals surface area (Å²) in [7, 11) is -1.72. The van der Waals surface area contributed by atoms with Gasteiger partial charge in [0.15, 0.2) is 0 Å². The first-order chi connectivity index (χ1) is 14.8. The Hall–Kier alpha value is -3.44. The summed E-state index contributed by atoms with van der Waals surface area (Å²) in [4.78, 5) is 37.3. The van der Waals surface area contributed by atoms with Crippen molar-refractivity contribution in [3.8, 4) is 0 Å². The van der Waals surface area contributed by atoms with E-state index in [0.717, 1.165) is 5.56 Å². The molecule has 1 heterocycles. The summed E-state index contributed by atoms with van der Waals surface area (Å²) in [5, 5.41) is 33.9. The number of non-ortho nitro benzene ring substituents is 1. The maximum Gasteiger partial charge on any atom is 0.472 e. The van der Waals surface area contributed by atoms with E-state index in [1.165, 1.54) is 29.8 Å². The van der Waals surface area contributed by atoms with Crippen LogP contribution >= 0.6 is 0 Å². The molecule has 1 aliphatic heterocycles. The number of nitrogens with zero attached hydrogens (tertiary/aromatic N) is 2. The fourth-order valence-corrected chi connectivity index (χ4v) is 3.42. The Bertz CT molecular complexity index is 953. The predicted molar refractivity (Wildman–Crippen MR) is 113 cm³/mol. The van der Waals surface area contributed by atoms with Crippen LogP contribution < -0.4 is 10.6 Å². The van der Waals surface area contributed by atoms with Gasteiger partial charge in [-0.3, -0.25) is 14.9 Å². The third-order valence-corrected chi connectivity index (χ3v) is 5.08. The Labute approximate surface area is 179 Å². The molecule has 2 aromatic carbocycles. The number of hydrogen-bond acceptors (Lipinski definition) is 6. The van der Waals surface area contributed by atoms with Gasteiger partial charge in [-0.05, 0) is 23.1 Å². The van der Waals surface area contributed by atoms with Crippen LogP contribution in [0.5, 0.6) is 0 Å². The standard InChI is InChI=1S/C20H23BN4O6/c26-19(22-13-21(28)29)18(11-14-5-7-17(8-6-14)25(30)31)23-20(27)24-10-9-15-3-1-2-4-16(15)12-24/h1-8,18,28-29H,9-13H2,(H,22,26)(H,23,27)/t18-/m0/s1. The Morgan fingerprint density at radius 1 is 1.13 bits per heavy atom. The van der Waals surface area contributed by atoms with Gasteiger partial charge in [0.2, 0.25) is 5.91 Å². The van der Waals surface area contributed by atoms with E-state index in [9.17, 15) is 19.7 Å². The summed E-state index contributed by atoms with van der Waals surface area (Å²) < 4.78 is 0. The zero-order valence-electron chi connectivity index (χ0n) is 16.7. The van der Waals surface area contributed by atoms with Crippen LogP contribution in [0, 0.1) is 10.1 Å². The third kappa shape index (κ3) is 6.03. The van der Waals surface area contributed by atoms with Gasteiger partial charge in [0.05, 0.1) is 11.4 Å². The lowest BCUT2D eigenvalue weighted by atomic mass is 9.92. The van der Waals surface area contributed by atoms with Gasteiger partial charge >= 0.3 is 13.1 Å². The minimum Gasteiger partial charge on any atom is -0.426 e. The third-order valence-electron chi connectivity index (χ3n) is 5.08. The summed E-state index contributed by atoms with van der Waals surface area (Å²) >= 11 is 0. The predicted octanol–water partition coefficient (Wildman–Crippen LogP) is 0.402. The van der Waals surface area contributed by atoms with Gasteiger partial charge in [-0.25, -0.2) is 4.79 Å². The van der Waals surface area contributed by atoms with Crippen LogP contribution in [-0.2, 0) is 24.2 Å². The van der Waals surface area contributed by atoms with Crippen molar-refractivity contribution in [3.63, 3.8) is 0 Å². The van der Waals surface area contributed by atoms with Crippen molar-refractivity contribution in [1.29, 1.82) is 0 Å². The van der Waals surface area contributed by atoms with Crippen molar-refractivity contribution in [2.45, 2.75) is 25.4 Å². The number of nitro groups is 1. The lowest BCUT2D eigenvalue weighted by molar-refractivity contribution is -0.384. The summed E-state index contributed by atoms with van der Waals surface area (Å²) in [6, 6.07) is 12.1. The number of carbonyl (C=O) groups is 2. The number of nitrogens with one attached hydrogen (secondary N) is 2. The minimum atomic E-state index is -1.72. The number of carbonyl (C=O) groups excluding carboxylic acids is 2. The van der Waals surface area contributed by atoms with Gasteiger partial charge in [-0.15, -0.1) is 0 Å². The molecule has 4 N–H and O–H groups in total. The van der Waals surface area contributed by atoms with E-state index in [2.05, 4.69) is 10.6 Å². The Kier molecular flexibility index (Phi) is 7.21. The lowest BCUT2D eigenvalue weighted by Gasteiger charge is -2.30. The maximum atomic E-state index is 12.8. The molecule has 11 heteroatoms. The first kappa shape index (κ1) is 22.3. The molecule has 3 amide bonds. The van der Waals surface area contributed by atoms with Crippen molar-refractivity contribution < 1.29 is 24.6 Å². The number of hydrogen-bond donors (Lipinski definition) is 4. The monoisotopic (exact) mass is 426 g/mol. The molecular weight excluding hydrogens is 403 g/mol. The van der Waals surface area contributed by atoms with Crippen LogP contribution in [0.15, 0.2) is 48.5 Å². The Balaban J connectivity index is 1.70. The molecule has 0 fully saturated rings. The quantitative estimate of drug-likeness (QED) is 0.287. The van der Waals surface area contributed by atoms with E-state index in [0.29, 0.717) is 25.1 Å². The molecule has 1 aliphatic rings. The zero-order chi connectivity index (χ0) is 22.4. The van der Waals surface area contributed by atoms with Crippen molar-refractivity contribution in [3.05, 3.63) is 75.3 Å². The average Bonchev–Trinajstić information content (AvgIpc) is 2.76. The molecule has 0 unspecified atom stereocenters. The highest BCUT2D eigenvalue weighted by atomic mass is 16.6. The summed E-state index contributed by atoms with van der Waals surface area (Å²) in [6.07, 6.45) is 0.406. The second-order valence-corrected chi connectivity index (χ2v) is 7.30. The molecule has 0 aliphatic carbocycles. The molecule has 0 saturated heterocycles. The topological polar surface area (TPSA) is 145 Å². The highest BCUT2D eigenvalue weighted by molar-refractivity contribution is 6.41. The van der Waals surface area contributed by atoms with Crippen molar-refractivity contribution >= 4 is 24.7 Å². The van der Waals surface area contributed by atoms with E-state index in [-0.39, 0.29) is 18.6 Å². The van der Waals surface area contributed by atoms with Crippen LogP contribution in [0.3, 0.4) is 0 Å². The van der Waals surface area contributed by atoms with Gasteiger partial charge in [-0.2, -0.15) is 0 Å². The smallest absolute Gasteiger partial charge is 0.426 e. The van der Waals surface area contributed by atoms with Crippen molar-refractivity contribution in [2.24, 2.45) is 0 Å². The molecule has 3 rings (SSSR count). The van der Waals surface area contributed by atoms with Crippen LogP contribution in [0.25, 0.3) is 0 Å². The van der Waals surface area contributed by atoms with E-state index in [4.69, 9.17) is 10.0 Å². The SMILES string of the molecule is O=C(NCB(O)O)[C@H](Cc1ccc([N+](=O)[O-])cc1)NC(=O)N1CCc2ccccc2C1. The highest BCUT2D eigenvalue weighted by Crippen LogP contribution is 2.19. The van der Waals surface area contributed by atoms with Gasteiger partial charge < -0.3 is 25.6 Å². The second-order valence-electron chi connectivity index (χ2n) is 7.30. The van der Waals surface area contributed by atoms with Gasteiger partial charge in [0, 0.05) is 31.6 Å². The summed E-state index contributed by atoms with van der Waals surface area (Å²) in [5.74, 6) is -0.586. The van der Waals surface area contributed by atoms with E-state index in [1.54, 1.807) is 4.90 Å². The molecule has 0 radical (unpaired) electrons. The molecule has 0 bridgehead atoms. The number of amides is 3. The average molecular weight is 426 g/mol. The maximum absolute atomic E-state index is 12.8. The lowest BCUT2D eigenvalue weighted by Crippen LogP contribution is -2.54. The number of benzene rings is 2. The fourth-order valence-electron chi connectivity index (χ4n) is 3.42. The van der Waals surface area contributed by atoms with Crippen LogP contribution in [0.2, 0.25) is 0 Å². The molecule has 0 aromatic heterocycles. The first-order valence-corrected chi connectivity index (χ1v) is 9.83. The molecule has 0 saturated carbocycles. The Morgan fingerprint density at radius 2 is 1.81 bits per heavy atom. The van der Waals surface area contributed by atoms with Crippen molar-refractivity contribution in [1.82, 2.24) is 15.5 Å².